The Bertz CT molecular complexity index is 410. The van der Waals surface area contributed by atoms with E-state index in [-0.39, 0.29) is 0 Å². The minimum atomic E-state index is 0.557. The number of nitrogens with one attached hydrogen (secondary N) is 1. The monoisotopic (exact) mass is 293 g/mol. The van der Waals surface area contributed by atoms with E-state index in [9.17, 15) is 0 Å². The van der Waals surface area contributed by atoms with Gasteiger partial charge in [0.15, 0.2) is 0 Å². The molecule has 0 saturated carbocycles. The third-order valence-electron chi connectivity index (χ3n) is 3.50. The average Bonchev–Trinajstić information content (AvgIpc) is 2.42. The predicted octanol–water partition coefficient (Wildman–Crippen LogP) is 3.59. The van der Waals surface area contributed by atoms with E-state index in [1.807, 2.05) is 18.2 Å². The highest BCUT2D eigenvalue weighted by molar-refractivity contribution is 5.61. The highest BCUT2D eigenvalue weighted by atomic mass is 16.5. The number of ether oxygens (including phenoxy) is 1. The first-order valence-electron chi connectivity index (χ1n) is 7.97. The second-order valence-electron chi connectivity index (χ2n) is 5.95. The van der Waals surface area contributed by atoms with Gasteiger partial charge in [-0.1, -0.05) is 6.92 Å². The first kappa shape index (κ1) is 17.6. The summed E-state index contributed by atoms with van der Waals surface area (Å²) in [6.45, 7) is 13.7. The lowest BCUT2D eigenvalue weighted by Crippen LogP contribution is -2.40. The van der Waals surface area contributed by atoms with Gasteiger partial charge in [0.2, 0.25) is 0 Å². The molecule has 0 atom stereocenters. The highest BCUT2D eigenvalue weighted by Crippen LogP contribution is 2.25. The van der Waals surface area contributed by atoms with Crippen LogP contribution in [0.15, 0.2) is 18.2 Å². The molecule has 4 nitrogen and oxygen atoms in total. The molecule has 1 aromatic rings. The van der Waals surface area contributed by atoms with Crippen molar-refractivity contribution in [3.8, 4) is 5.75 Å². The van der Waals surface area contributed by atoms with Gasteiger partial charge < -0.3 is 15.8 Å². The molecule has 0 fully saturated rings. The summed E-state index contributed by atoms with van der Waals surface area (Å²) < 4.78 is 5.66. The summed E-state index contributed by atoms with van der Waals surface area (Å²) in [6, 6.07) is 7.00. The van der Waals surface area contributed by atoms with Crippen molar-refractivity contribution in [1.29, 1.82) is 0 Å². The van der Waals surface area contributed by atoms with Gasteiger partial charge in [-0.25, -0.2) is 0 Å². The second kappa shape index (κ2) is 8.78. The maximum absolute atomic E-state index is 5.93. The van der Waals surface area contributed by atoms with Gasteiger partial charge in [-0.15, -0.1) is 0 Å². The molecule has 0 aliphatic carbocycles. The van der Waals surface area contributed by atoms with Gasteiger partial charge in [0.25, 0.3) is 0 Å². The zero-order chi connectivity index (χ0) is 15.8. The lowest BCUT2D eigenvalue weighted by molar-refractivity contribution is 0.182. The van der Waals surface area contributed by atoms with E-state index in [4.69, 9.17) is 10.5 Å². The molecule has 1 rings (SSSR count). The Morgan fingerprint density at radius 3 is 2.43 bits per heavy atom. The summed E-state index contributed by atoms with van der Waals surface area (Å²) in [5, 5.41) is 3.45. The Morgan fingerprint density at radius 2 is 1.86 bits per heavy atom. The van der Waals surface area contributed by atoms with Gasteiger partial charge in [0.05, 0.1) is 12.3 Å². The van der Waals surface area contributed by atoms with Crippen LogP contribution in [0, 0.1) is 0 Å². The molecule has 4 heteroatoms. The number of hydrogen-bond acceptors (Lipinski definition) is 4. The first-order chi connectivity index (χ1) is 9.95. The van der Waals surface area contributed by atoms with Crippen LogP contribution in [0.2, 0.25) is 0 Å². The van der Waals surface area contributed by atoms with Crippen molar-refractivity contribution < 1.29 is 4.74 Å². The Labute approximate surface area is 129 Å². The van der Waals surface area contributed by atoms with Gasteiger partial charge in [0, 0.05) is 36.9 Å². The van der Waals surface area contributed by atoms with Crippen molar-refractivity contribution in [3.63, 3.8) is 0 Å². The fourth-order valence-corrected chi connectivity index (χ4v) is 2.42. The topological polar surface area (TPSA) is 50.5 Å². The van der Waals surface area contributed by atoms with Gasteiger partial charge in [0.1, 0.15) is 5.75 Å². The van der Waals surface area contributed by atoms with Crippen molar-refractivity contribution in [3.05, 3.63) is 18.2 Å². The molecule has 0 aromatic heterocycles. The molecular weight excluding hydrogens is 262 g/mol. The fourth-order valence-electron chi connectivity index (χ4n) is 2.42. The number of nitrogen functional groups attached to an aromatic ring is 1. The number of hydrogen-bond donors (Lipinski definition) is 2. The van der Waals surface area contributed by atoms with E-state index in [1.165, 1.54) is 0 Å². The molecule has 21 heavy (non-hydrogen) atoms. The minimum absolute atomic E-state index is 0.557. The summed E-state index contributed by atoms with van der Waals surface area (Å²) in [5.74, 6) is 0.770. The fraction of sp³-hybridized carbons (Fsp3) is 0.647. The average molecular weight is 293 g/mol. The summed E-state index contributed by atoms with van der Waals surface area (Å²) in [4.78, 5) is 2.47. The molecule has 0 radical (unpaired) electrons. The summed E-state index contributed by atoms with van der Waals surface area (Å²) >= 11 is 0. The predicted molar refractivity (Wildman–Crippen MR) is 92.1 cm³/mol. The van der Waals surface area contributed by atoms with Crippen LogP contribution < -0.4 is 15.8 Å². The molecule has 0 aliphatic rings. The van der Waals surface area contributed by atoms with E-state index in [2.05, 4.69) is 44.8 Å². The highest BCUT2D eigenvalue weighted by Gasteiger charge is 2.12. The third-order valence-corrected chi connectivity index (χ3v) is 3.50. The van der Waals surface area contributed by atoms with Crippen molar-refractivity contribution in [1.82, 2.24) is 4.90 Å². The smallest absolute Gasteiger partial charge is 0.144 e. The van der Waals surface area contributed by atoms with E-state index in [0.29, 0.717) is 24.4 Å². The van der Waals surface area contributed by atoms with Crippen molar-refractivity contribution in [2.45, 2.75) is 53.1 Å². The molecule has 1 aromatic carbocycles. The molecule has 0 unspecified atom stereocenters. The lowest BCUT2D eigenvalue weighted by atomic mass is 10.2. The number of nitrogens with zero attached hydrogens (tertiary/aromatic N) is 1. The van der Waals surface area contributed by atoms with Gasteiger partial charge >= 0.3 is 0 Å². The van der Waals surface area contributed by atoms with E-state index < -0.39 is 0 Å². The van der Waals surface area contributed by atoms with Crippen LogP contribution in [0.5, 0.6) is 5.75 Å². The molecular formula is C17H31N3O. The normalized spacial score (nSPS) is 11.4. The van der Waals surface area contributed by atoms with Crippen LogP contribution in [0.4, 0.5) is 11.4 Å². The quantitative estimate of drug-likeness (QED) is 0.683. The van der Waals surface area contributed by atoms with Gasteiger partial charge in [-0.05, 0) is 46.2 Å². The largest absolute Gasteiger partial charge is 0.491 e. The van der Waals surface area contributed by atoms with Crippen molar-refractivity contribution in [2.24, 2.45) is 0 Å². The lowest BCUT2D eigenvalue weighted by Gasteiger charge is -2.30. The van der Waals surface area contributed by atoms with Crippen LogP contribution in [-0.4, -0.2) is 36.7 Å². The van der Waals surface area contributed by atoms with Gasteiger partial charge in [-0.3, -0.25) is 4.90 Å². The zero-order valence-corrected chi connectivity index (χ0v) is 14.1. The van der Waals surface area contributed by atoms with Crippen molar-refractivity contribution >= 4 is 11.4 Å². The molecule has 0 bridgehead atoms. The van der Waals surface area contributed by atoms with Crippen LogP contribution in [0.1, 0.15) is 41.0 Å². The molecule has 3 N–H and O–H groups in total. The maximum Gasteiger partial charge on any atom is 0.144 e. The van der Waals surface area contributed by atoms with E-state index >= 15 is 0 Å². The number of nitrogens with two attached hydrogens (primary N) is 1. The standard InChI is InChI=1S/C17H31N3O/c1-6-11-21-17-12-15(7-8-16(17)18)19-9-10-20(13(2)3)14(4)5/h7-8,12-14,19H,6,9-11,18H2,1-5H3. The van der Waals surface area contributed by atoms with Gasteiger partial charge in [-0.2, -0.15) is 0 Å². The molecule has 0 saturated heterocycles. The van der Waals surface area contributed by atoms with E-state index in [0.717, 1.165) is 30.9 Å². The maximum atomic E-state index is 5.93. The van der Waals surface area contributed by atoms with Crippen LogP contribution >= 0.6 is 0 Å². The summed E-state index contributed by atoms with van der Waals surface area (Å²) in [6.07, 6.45) is 0.981. The Balaban J connectivity index is 2.55. The SMILES string of the molecule is CCCOc1cc(NCCN(C(C)C)C(C)C)ccc1N. The summed E-state index contributed by atoms with van der Waals surface area (Å²) in [5.41, 5.74) is 7.68. The Hall–Kier alpha value is -1.42. The van der Waals surface area contributed by atoms with E-state index in [1.54, 1.807) is 0 Å². The second-order valence-corrected chi connectivity index (χ2v) is 5.95. The van der Waals surface area contributed by atoms with Crippen LogP contribution in [0.25, 0.3) is 0 Å². The number of rotatable bonds is 9. The summed E-state index contributed by atoms with van der Waals surface area (Å²) in [7, 11) is 0. The number of anilines is 2. The molecule has 0 heterocycles. The van der Waals surface area contributed by atoms with Crippen LogP contribution in [0.3, 0.4) is 0 Å². The Kier molecular flexibility index (Phi) is 7.37. The minimum Gasteiger partial charge on any atom is -0.491 e. The zero-order valence-electron chi connectivity index (χ0n) is 14.1. The third kappa shape index (κ3) is 5.84. The molecule has 0 aliphatic heterocycles. The first-order valence-corrected chi connectivity index (χ1v) is 7.97. The van der Waals surface area contributed by atoms with Crippen LogP contribution in [-0.2, 0) is 0 Å². The Morgan fingerprint density at radius 1 is 1.19 bits per heavy atom. The molecule has 0 amide bonds. The molecule has 120 valence electrons. The molecule has 0 spiro atoms. The van der Waals surface area contributed by atoms with Crippen molar-refractivity contribution in [2.75, 3.05) is 30.7 Å². The number of benzene rings is 1.